The summed E-state index contributed by atoms with van der Waals surface area (Å²) in [5, 5.41) is 19.9. The van der Waals surface area contributed by atoms with E-state index in [9.17, 15) is 19.3 Å². The molecular weight excluding hydrogens is 283 g/mol. The van der Waals surface area contributed by atoms with Gasteiger partial charge in [0.1, 0.15) is 5.56 Å². The number of halogens is 1. The van der Waals surface area contributed by atoms with Gasteiger partial charge in [0.15, 0.2) is 5.82 Å². The molecule has 1 aliphatic rings. The minimum absolute atomic E-state index is 0.0417. The normalized spacial score (nSPS) is 22.1. The van der Waals surface area contributed by atoms with E-state index in [0.29, 0.717) is 19.2 Å². The van der Waals surface area contributed by atoms with Crippen molar-refractivity contribution in [3.63, 3.8) is 0 Å². The van der Waals surface area contributed by atoms with E-state index in [0.717, 1.165) is 6.07 Å². The number of rotatable bonds is 3. The van der Waals surface area contributed by atoms with Crippen LogP contribution in [0.25, 0.3) is 0 Å². The molecule has 0 aliphatic carbocycles. The molecule has 2 rings (SSSR count). The first-order chi connectivity index (χ1) is 9.79. The van der Waals surface area contributed by atoms with Gasteiger partial charge >= 0.3 is 5.97 Å². The van der Waals surface area contributed by atoms with Crippen LogP contribution in [0.1, 0.15) is 24.2 Å². The monoisotopic (exact) mass is 298 g/mol. The first kappa shape index (κ1) is 15.2. The van der Waals surface area contributed by atoms with Crippen LogP contribution in [0.15, 0.2) is 12.1 Å². The predicted octanol–water partition coefficient (Wildman–Crippen LogP) is 2.05. The van der Waals surface area contributed by atoms with E-state index >= 15 is 0 Å². The van der Waals surface area contributed by atoms with Crippen molar-refractivity contribution in [1.29, 1.82) is 0 Å². The summed E-state index contributed by atoms with van der Waals surface area (Å²) < 4.78 is 19.6. The van der Waals surface area contributed by atoms with Crippen LogP contribution in [0.3, 0.4) is 0 Å². The molecule has 1 N–H and O–H groups in total. The van der Waals surface area contributed by atoms with Gasteiger partial charge in [-0.05, 0) is 19.9 Å². The third kappa shape index (κ3) is 3.10. The van der Waals surface area contributed by atoms with E-state index in [1.165, 1.54) is 0 Å². The van der Waals surface area contributed by atoms with Crippen molar-refractivity contribution in [3.8, 4) is 0 Å². The fraction of sp³-hybridized carbons (Fsp3) is 0.462. The largest absolute Gasteiger partial charge is 0.477 e. The van der Waals surface area contributed by atoms with Crippen LogP contribution in [0.5, 0.6) is 0 Å². The van der Waals surface area contributed by atoms with E-state index in [2.05, 4.69) is 0 Å². The van der Waals surface area contributed by atoms with E-state index in [1.807, 2.05) is 13.8 Å². The number of hydrogen-bond donors (Lipinski definition) is 1. The summed E-state index contributed by atoms with van der Waals surface area (Å²) in [5.41, 5.74) is -1.23. The topological polar surface area (TPSA) is 92.9 Å². The molecule has 2 unspecified atom stereocenters. The second-order valence-electron chi connectivity index (χ2n) is 5.05. The molecule has 21 heavy (non-hydrogen) atoms. The van der Waals surface area contributed by atoms with Crippen LogP contribution in [-0.2, 0) is 4.74 Å². The highest BCUT2D eigenvalue weighted by molar-refractivity contribution is 5.93. The Morgan fingerprint density at radius 3 is 2.48 bits per heavy atom. The Labute approximate surface area is 120 Å². The standard InChI is InChI=1S/C13H15FN2O5/c1-7-5-15(6-8(2)21-7)12-3-9(13(17)18)11(16(19)20)4-10(12)14/h3-4,7-8H,5-6H2,1-2H3,(H,17,18). The Balaban J connectivity index is 2.47. The number of aromatic carboxylic acids is 1. The SMILES string of the molecule is CC1CN(c2cc(C(=O)O)c([N+](=O)[O-])cc2F)CC(C)O1. The van der Waals surface area contributed by atoms with E-state index < -0.39 is 28.0 Å². The van der Waals surface area contributed by atoms with Crippen molar-refractivity contribution in [1.82, 2.24) is 0 Å². The molecule has 7 nitrogen and oxygen atoms in total. The summed E-state index contributed by atoms with van der Waals surface area (Å²) in [6.45, 7) is 4.42. The van der Waals surface area contributed by atoms with E-state index in [-0.39, 0.29) is 17.9 Å². The first-order valence-electron chi connectivity index (χ1n) is 6.41. The lowest BCUT2D eigenvalue weighted by Crippen LogP contribution is -2.45. The number of benzene rings is 1. The molecule has 1 aliphatic heterocycles. The number of carboxylic acid groups (broad SMARTS) is 1. The summed E-state index contributed by atoms with van der Waals surface area (Å²) >= 11 is 0. The Morgan fingerprint density at radius 1 is 1.43 bits per heavy atom. The van der Waals surface area contributed by atoms with Gasteiger partial charge in [0.05, 0.1) is 28.9 Å². The van der Waals surface area contributed by atoms with Crippen LogP contribution in [0, 0.1) is 15.9 Å². The van der Waals surface area contributed by atoms with Crippen molar-refractivity contribution in [2.45, 2.75) is 26.1 Å². The van der Waals surface area contributed by atoms with Gasteiger partial charge < -0.3 is 14.7 Å². The van der Waals surface area contributed by atoms with Crippen molar-refractivity contribution < 1.29 is 24.0 Å². The lowest BCUT2D eigenvalue weighted by atomic mass is 10.1. The lowest BCUT2D eigenvalue weighted by Gasteiger charge is -2.37. The fourth-order valence-corrected chi connectivity index (χ4v) is 2.49. The number of morpholine rings is 1. The maximum absolute atomic E-state index is 14.1. The molecule has 2 atom stereocenters. The second kappa shape index (κ2) is 5.65. The molecule has 8 heteroatoms. The lowest BCUT2D eigenvalue weighted by molar-refractivity contribution is -0.385. The minimum atomic E-state index is -1.46. The molecule has 0 amide bonds. The molecule has 0 radical (unpaired) electrons. The number of nitro groups is 1. The summed E-state index contributed by atoms with van der Waals surface area (Å²) in [4.78, 5) is 22.7. The molecule has 1 fully saturated rings. The molecule has 0 bridgehead atoms. The van der Waals surface area contributed by atoms with Crippen LogP contribution < -0.4 is 4.90 Å². The maximum Gasteiger partial charge on any atom is 0.342 e. The van der Waals surface area contributed by atoms with Crippen LogP contribution in [0.4, 0.5) is 15.8 Å². The van der Waals surface area contributed by atoms with Gasteiger partial charge in [-0.2, -0.15) is 0 Å². The molecule has 0 spiro atoms. The Hall–Kier alpha value is -2.22. The molecular formula is C13H15FN2O5. The van der Waals surface area contributed by atoms with Crippen molar-refractivity contribution >= 4 is 17.3 Å². The number of nitrogens with zero attached hydrogens (tertiary/aromatic N) is 2. The molecule has 1 heterocycles. The zero-order chi connectivity index (χ0) is 15.7. The van der Waals surface area contributed by atoms with Crippen molar-refractivity contribution in [2.24, 2.45) is 0 Å². The smallest absolute Gasteiger partial charge is 0.342 e. The highest BCUT2D eigenvalue weighted by Gasteiger charge is 2.29. The number of anilines is 1. The maximum atomic E-state index is 14.1. The van der Waals surface area contributed by atoms with Crippen LogP contribution >= 0.6 is 0 Å². The van der Waals surface area contributed by atoms with Gasteiger partial charge in [-0.3, -0.25) is 10.1 Å². The first-order valence-corrected chi connectivity index (χ1v) is 6.41. The zero-order valence-corrected chi connectivity index (χ0v) is 11.6. The molecule has 1 aromatic rings. The Bertz CT molecular complexity index is 582. The van der Waals surface area contributed by atoms with Crippen LogP contribution in [0.2, 0.25) is 0 Å². The summed E-state index contributed by atoms with van der Waals surface area (Å²) in [7, 11) is 0. The average molecular weight is 298 g/mol. The fourth-order valence-electron chi connectivity index (χ4n) is 2.49. The quantitative estimate of drug-likeness (QED) is 0.678. The highest BCUT2D eigenvalue weighted by Crippen LogP contribution is 2.30. The zero-order valence-electron chi connectivity index (χ0n) is 11.6. The molecule has 1 aromatic carbocycles. The van der Waals surface area contributed by atoms with Gasteiger partial charge in [0.2, 0.25) is 0 Å². The van der Waals surface area contributed by atoms with Crippen LogP contribution in [-0.4, -0.2) is 41.3 Å². The third-order valence-electron chi connectivity index (χ3n) is 3.25. The molecule has 114 valence electrons. The van der Waals surface area contributed by atoms with Gasteiger partial charge in [0.25, 0.3) is 5.69 Å². The number of carboxylic acids is 1. The van der Waals surface area contributed by atoms with Crippen molar-refractivity contribution in [3.05, 3.63) is 33.6 Å². The number of nitro benzene ring substituents is 1. The third-order valence-corrected chi connectivity index (χ3v) is 3.25. The van der Waals surface area contributed by atoms with Gasteiger partial charge in [-0.25, -0.2) is 9.18 Å². The summed E-state index contributed by atoms with van der Waals surface area (Å²) in [6, 6.07) is 1.67. The van der Waals surface area contributed by atoms with E-state index in [1.54, 1.807) is 4.90 Å². The molecule has 0 saturated carbocycles. The Kier molecular flexibility index (Phi) is 4.08. The number of ether oxygens (including phenoxy) is 1. The number of hydrogen-bond acceptors (Lipinski definition) is 5. The summed E-state index contributed by atoms with van der Waals surface area (Å²) in [6.07, 6.45) is -0.284. The minimum Gasteiger partial charge on any atom is -0.477 e. The number of carbonyl (C=O) groups is 1. The summed E-state index contributed by atoms with van der Waals surface area (Å²) in [5.74, 6) is -2.27. The Morgan fingerprint density at radius 2 is 2.00 bits per heavy atom. The second-order valence-corrected chi connectivity index (χ2v) is 5.05. The van der Waals surface area contributed by atoms with Gasteiger partial charge in [-0.15, -0.1) is 0 Å². The predicted molar refractivity (Wildman–Crippen MR) is 72.2 cm³/mol. The highest BCUT2D eigenvalue weighted by atomic mass is 19.1. The van der Waals surface area contributed by atoms with Crippen molar-refractivity contribution in [2.75, 3.05) is 18.0 Å². The van der Waals surface area contributed by atoms with Gasteiger partial charge in [-0.1, -0.05) is 0 Å². The molecule has 1 saturated heterocycles. The van der Waals surface area contributed by atoms with E-state index in [4.69, 9.17) is 9.84 Å². The average Bonchev–Trinajstić information content (AvgIpc) is 2.36. The molecule has 0 aromatic heterocycles. The van der Waals surface area contributed by atoms with Gasteiger partial charge in [0, 0.05) is 13.1 Å².